The Morgan fingerprint density at radius 1 is 1.12 bits per heavy atom. The molecule has 33 heavy (non-hydrogen) atoms. The van der Waals surface area contributed by atoms with Gasteiger partial charge in [-0.15, -0.1) is 0 Å². The van der Waals surface area contributed by atoms with Crippen molar-refractivity contribution >= 4 is 27.8 Å². The van der Waals surface area contributed by atoms with E-state index in [1.54, 1.807) is 19.1 Å². The number of Topliss-reactive ketones (excluding diaryl/α,β-unsaturated/α-hetero) is 1. The van der Waals surface area contributed by atoms with Gasteiger partial charge >= 0.3 is 0 Å². The lowest BCUT2D eigenvalue weighted by molar-refractivity contribution is -0.117. The highest BCUT2D eigenvalue weighted by Gasteiger charge is 2.22. The Kier molecular flexibility index (Phi) is 8.89. The minimum absolute atomic E-state index is 0.00880. The number of hydrogen-bond donors (Lipinski definition) is 0. The fourth-order valence-corrected chi connectivity index (χ4v) is 4.12. The fourth-order valence-electron chi connectivity index (χ4n) is 3.74. The average molecular weight is 476 g/mol. The zero-order chi connectivity index (χ0) is 24.9. The van der Waals surface area contributed by atoms with Crippen LogP contribution in [0.25, 0.3) is 17.3 Å². The fraction of sp³-hybridized carbons (Fsp3) is 0.480. The van der Waals surface area contributed by atoms with Crippen molar-refractivity contribution in [2.45, 2.75) is 53.4 Å². The summed E-state index contributed by atoms with van der Waals surface area (Å²) < 4.78 is 38.9. The van der Waals surface area contributed by atoms with E-state index >= 15 is 0 Å². The van der Waals surface area contributed by atoms with Gasteiger partial charge in [-0.05, 0) is 55.4 Å². The van der Waals surface area contributed by atoms with Gasteiger partial charge in [0.05, 0.1) is 17.6 Å². The molecule has 2 unspecified atom stereocenters. The van der Waals surface area contributed by atoms with E-state index in [9.17, 15) is 17.6 Å². The van der Waals surface area contributed by atoms with Crippen molar-refractivity contribution in [1.82, 2.24) is 9.97 Å². The van der Waals surface area contributed by atoms with Crippen LogP contribution in [-0.2, 0) is 14.8 Å². The van der Waals surface area contributed by atoms with Crippen LogP contribution < -0.4 is 4.31 Å². The second kappa shape index (κ2) is 11.0. The molecule has 2 rings (SSSR count). The summed E-state index contributed by atoms with van der Waals surface area (Å²) >= 11 is 0. The van der Waals surface area contributed by atoms with Crippen LogP contribution in [0.15, 0.2) is 30.3 Å². The van der Waals surface area contributed by atoms with Crippen molar-refractivity contribution in [1.29, 1.82) is 0 Å². The molecule has 2 aromatic rings. The van der Waals surface area contributed by atoms with Crippen LogP contribution in [0.3, 0.4) is 0 Å². The highest BCUT2D eigenvalue weighted by atomic mass is 32.2. The van der Waals surface area contributed by atoms with Gasteiger partial charge < -0.3 is 4.79 Å². The number of carbonyl (C=O) groups is 1. The Morgan fingerprint density at radius 2 is 1.73 bits per heavy atom. The Balaban J connectivity index is 2.61. The van der Waals surface area contributed by atoms with E-state index in [2.05, 4.69) is 29.9 Å². The van der Waals surface area contributed by atoms with Crippen molar-refractivity contribution in [2.24, 2.45) is 11.8 Å². The third-order valence-electron chi connectivity index (χ3n) is 5.41. The molecule has 8 heteroatoms. The quantitative estimate of drug-likeness (QED) is 0.456. The van der Waals surface area contributed by atoms with E-state index in [-0.39, 0.29) is 35.3 Å². The topological polar surface area (TPSA) is 80.2 Å². The Hall–Kier alpha value is -2.61. The maximum absolute atomic E-state index is 13.6. The van der Waals surface area contributed by atoms with Gasteiger partial charge in [0.25, 0.3) is 0 Å². The van der Waals surface area contributed by atoms with Crippen LogP contribution in [0.1, 0.15) is 64.6 Å². The van der Waals surface area contributed by atoms with Crippen LogP contribution in [0.4, 0.5) is 10.3 Å². The first-order valence-corrected chi connectivity index (χ1v) is 12.9. The molecule has 2 atom stereocenters. The first-order valence-electron chi connectivity index (χ1n) is 11.1. The maximum Gasteiger partial charge on any atom is 0.239 e. The molecule has 0 amide bonds. The predicted octanol–water partition coefficient (Wildman–Crippen LogP) is 5.46. The molecular weight excluding hydrogens is 441 g/mol. The van der Waals surface area contributed by atoms with Crippen molar-refractivity contribution in [3.8, 4) is 11.3 Å². The summed E-state index contributed by atoms with van der Waals surface area (Å²) in [5.41, 5.74) is 2.68. The summed E-state index contributed by atoms with van der Waals surface area (Å²) in [7, 11) is -2.15. The average Bonchev–Trinajstić information content (AvgIpc) is 2.70. The number of rotatable bonds is 10. The number of aromatic nitrogens is 2. The summed E-state index contributed by atoms with van der Waals surface area (Å²) in [6.45, 7) is 9.72. The van der Waals surface area contributed by atoms with E-state index in [0.29, 0.717) is 23.4 Å². The second-order valence-electron chi connectivity index (χ2n) is 9.15. The number of anilines is 1. The second-order valence-corrected chi connectivity index (χ2v) is 11.2. The van der Waals surface area contributed by atoms with Gasteiger partial charge in [-0.3, -0.25) is 0 Å². The molecule has 0 fully saturated rings. The molecule has 0 N–H and O–H groups in total. The number of halogens is 1. The normalized spacial score (nSPS) is 14.0. The standard InChI is InChI=1S/C25H34FN3O3S/c1-16(2)23-22(13-8-17(3)14-18(4)15-19(5)30)24(20-9-11-21(26)12-10-20)28-25(27-23)29(6)33(7,31)32/h8-13,16-18H,14-15H2,1-7H3/b13-8+. The number of nitrogens with zero attached hydrogens (tertiary/aromatic N) is 3. The van der Waals surface area contributed by atoms with Gasteiger partial charge in [0, 0.05) is 24.6 Å². The molecule has 6 nitrogen and oxygen atoms in total. The zero-order valence-corrected chi connectivity index (χ0v) is 21.3. The number of sulfonamides is 1. The van der Waals surface area contributed by atoms with E-state index in [1.807, 2.05) is 19.9 Å². The molecule has 1 aromatic carbocycles. The Morgan fingerprint density at radius 3 is 2.24 bits per heavy atom. The lowest BCUT2D eigenvalue weighted by atomic mass is 9.91. The van der Waals surface area contributed by atoms with Crippen molar-refractivity contribution in [3.63, 3.8) is 0 Å². The number of benzene rings is 1. The SMILES string of the molecule is CC(=O)CC(C)CC(C)/C=C/c1c(-c2ccc(F)cc2)nc(N(C)S(C)(=O)=O)nc1C(C)C. The van der Waals surface area contributed by atoms with E-state index in [4.69, 9.17) is 0 Å². The third-order valence-corrected chi connectivity index (χ3v) is 6.57. The molecule has 180 valence electrons. The first kappa shape index (κ1) is 26.6. The number of allylic oxidation sites excluding steroid dienone is 1. The van der Waals surface area contributed by atoms with Gasteiger partial charge in [0.1, 0.15) is 11.6 Å². The Labute approximate surface area is 197 Å². The number of ketones is 1. The highest BCUT2D eigenvalue weighted by molar-refractivity contribution is 7.92. The number of hydrogen-bond acceptors (Lipinski definition) is 5. The molecule has 0 aliphatic rings. The van der Waals surface area contributed by atoms with Crippen LogP contribution in [0, 0.1) is 17.7 Å². The van der Waals surface area contributed by atoms with Gasteiger partial charge in [-0.1, -0.05) is 39.8 Å². The van der Waals surface area contributed by atoms with Gasteiger partial charge in [0.2, 0.25) is 16.0 Å². The largest absolute Gasteiger partial charge is 0.300 e. The van der Waals surface area contributed by atoms with Crippen LogP contribution in [0.2, 0.25) is 0 Å². The Bertz CT molecular complexity index is 1110. The van der Waals surface area contributed by atoms with Crippen molar-refractivity contribution < 1.29 is 17.6 Å². The molecule has 1 aromatic heterocycles. The third kappa shape index (κ3) is 7.45. The predicted molar refractivity (Wildman–Crippen MR) is 132 cm³/mol. The molecular formula is C25H34FN3O3S. The van der Waals surface area contributed by atoms with Crippen LogP contribution >= 0.6 is 0 Å². The molecule has 1 heterocycles. The molecule has 0 spiro atoms. The maximum atomic E-state index is 13.6. The van der Waals surface area contributed by atoms with E-state index < -0.39 is 10.0 Å². The van der Waals surface area contributed by atoms with Gasteiger partial charge in [0.15, 0.2) is 0 Å². The lowest BCUT2D eigenvalue weighted by Gasteiger charge is -2.20. The van der Waals surface area contributed by atoms with Crippen molar-refractivity contribution in [2.75, 3.05) is 17.6 Å². The van der Waals surface area contributed by atoms with E-state index in [0.717, 1.165) is 22.5 Å². The molecule has 0 saturated heterocycles. The minimum Gasteiger partial charge on any atom is -0.300 e. The van der Waals surface area contributed by atoms with Crippen LogP contribution in [0.5, 0.6) is 0 Å². The van der Waals surface area contributed by atoms with E-state index in [1.165, 1.54) is 19.2 Å². The molecule has 0 radical (unpaired) electrons. The summed E-state index contributed by atoms with van der Waals surface area (Å²) in [5, 5.41) is 0. The lowest BCUT2D eigenvalue weighted by Crippen LogP contribution is -2.27. The summed E-state index contributed by atoms with van der Waals surface area (Å²) in [4.78, 5) is 20.6. The summed E-state index contributed by atoms with van der Waals surface area (Å²) in [5.74, 6) is 0.351. The molecule has 0 aliphatic carbocycles. The summed E-state index contributed by atoms with van der Waals surface area (Å²) in [6.07, 6.45) is 6.53. The van der Waals surface area contributed by atoms with Crippen LogP contribution in [-0.4, -0.2) is 37.5 Å². The molecule has 0 bridgehead atoms. The van der Waals surface area contributed by atoms with Gasteiger partial charge in [-0.25, -0.2) is 27.1 Å². The smallest absolute Gasteiger partial charge is 0.239 e. The van der Waals surface area contributed by atoms with Gasteiger partial charge in [-0.2, -0.15) is 0 Å². The minimum atomic E-state index is -3.56. The van der Waals surface area contributed by atoms with Crippen molar-refractivity contribution in [3.05, 3.63) is 47.4 Å². The zero-order valence-electron chi connectivity index (χ0n) is 20.5. The highest BCUT2D eigenvalue weighted by Crippen LogP contribution is 2.32. The number of carbonyl (C=O) groups excluding carboxylic acids is 1. The first-order chi connectivity index (χ1) is 15.3. The summed E-state index contributed by atoms with van der Waals surface area (Å²) in [6, 6.07) is 5.96. The molecule has 0 aliphatic heterocycles. The monoisotopic (exact) mass is 475 g/mol. The molecule has 0 saturated carbocycles.